The third-order valence-electron chi connectivity index (χ3n) is 1.43. The molecule has 0 radical (unpaired) electrons. The first-order chi connectivity index (χ1) is 5.29. The minimum atomic E-state index is 1.17. The monoisotopic (exact) mass is 147 g/mol. The lowest BCUT2D eigenvalue weighted by Gasteiger charge is -1.86. The van der Waals surface area contributed by atoms with Crippen LogP contribution in [0.4, 0.5) is 0 Å². The Balaban J connectivity index is 3.25. The van der Waals surface area contributed by atoms with Gasteiger partial charge in [0.15, 0.2) is 0 Å². The molecule has 0 aliphatic heterocycles. The van der Waals surface area contributed by atoms with Crippen LogP contribution >= 0.6 is 0 Å². The summed E-state index contributed by atoms with van der Waals surface area (Å²) in [5.41, 5.74) is 2.42. The second-order valence-corrected chi connectivity index (χ2v) is 2.63. The number of hydrogen-bond donors (Lipinski definition) is 1. The highest BCUT2D eigenvalue weighted by Crippen LogP contribution is 1.94. The average molecular weight is 147 g/mol. The Morgan fingerprint density at radius 1 is 1.09 bits per heavy atom. The summed E-state index contributed by atoms with van der Waals surface area (Å²) >= 11 is 0. The van der Waals surface area contributed by atoms with E-state index in [-0.39, 0.29) is 0 Å². The van der Waals surface area contributed by atoms with Gasteiger partial charge in [-0.3, -0.25) is 0 Å². The number of hydrogen-bond acceptors (Lipinski definition) is 0. The van der Waals surface area contributed by atoms with Crippen LogP contribution in [0.2, 0.25) is 0 Å². The van der Waals surface area contributed by atoms with Crippen molar-refractivity contribution in [3.05, 3.63) is 47.8 Å². The molecule has 11 heavy (non-hydrogen) atoms. The Kier molecular flexibility index (Phi) is 2.73. The second kappa shape index (κ2) is 3.81. The topological polar surface area (TPSA) is 15.8 Å². The fourth-order valence-electron chi connectivity index (χ4n) is 0.938. The number of aryl methyl sites for hydroxylation is 2. The molecule has 0 saturated carbocycles. The highest BCUT2D eigenvalue weighted by atomic mass is 14.6. The van der Waals surface area contributed by atoms with Gasteiger partial charge in [-0.15, -0.1) is 0 Å². The summed E-state index contributed by atoms with van der Waals surface area (Å²) in [6.45, 7) is 4.13. The Hall–Kier alpha value is -1.24. The zero-order valence-corrected chi connectivity index (χ0v) is 6.96. The number of nitrogens with one attached hydrogen (secondary N) is 1. The molecule has 0 aliphatic rings. The van der Waals surface area contributed by atoms with Crippen LogP contribution in [0.25, 0.3) is 0 Å². The van der Waals surface area contributed by atoms with Crippen LogP contribution in [0.3, 0.4) is 0 Å². The van der Waals surface area contributed by atoms with Gasteiger partial charge in [-0.25, -0.2) is 0 Å². The van der Waals surface area contributed by atoms with Crippen LogP contribution < -0.4 is 0 Å². The Labute approximate surface area is 67.4 Å². The van der Waals surface area contributed by atoms with Crippen molar-refractivity contribution in [2.45, 2.75) is 13.8 Å². The van der Waals surface area contributed by atoms with E-state index in [1.165, 1.54) is 11.3 Å². The molecule has 0 aromatic carbocycles. The summed E-state index contributed by atoms with van der Waals surface area (Å²) in [5.74, 6) is 0. The third kappa shape index (κ3) is 2.89. The van der Waals surface area contributed by atoms with Crippen molar-refractivity contribution < 1.29 is 0 Å². The molecule has 0 fully saturated rings. The maximum atomic E-state index is 3.14. The molecule has 0 amide bonds. The molecule has 0 saturated heterocycles. The quantitative estimate of drug-likeness (QED) is 0.580. The maximum absolute atomic E-state index is 3.14. The molecule has 0 unspecified atom stereocenters. The van der Waals surface area contributed by atoms with Crippen LogP contribution in [-0.4, -0.2) is 4.98 Å². The molecular weight excluding hydrogens is 134 g/mol. The van der Waals surface area contributed by atoms with Gasteiger partial charge >= 0.3 is 0 Å². The molecule has 58 valence electrons. The van der Waals surface area contributed by atoms with Crippen molar-refractivity contribution in [1.82, 2.24) is 4.98 Å². The van der Waals surface area contributed by atoms with Gasteiger partial charge in [-0.1, -0.05) is 18.2 Å². The Morgan fingerprint density at radius 2 is 1.91 bits per heavy atom. The first-order valence-corrected chi connectivity index (χ1v) is 3.74. The van der Waals surface area contributed by atoms with Crippen LogP contribution in [0.15, 0.2) is 36.5 Å². The molecule has 1 nitrogen and oxygen atoms in total. The molecule has 1 aromatic rings. The van der Waals surface area contributed by atoms with Gasteiger partial charge in [-0.2, -0.15) is 0 Å². The number of H-pyrrole nitrogens is 1. The SMILES string of the molecule is Cc1ccccc[nH]c(C)c1. The highest BCUT2D eigenvalue weighted by Gasteiger charge is 1.77. The van der Waals surface area contributed by atoms with Crippen molar-refractivity contribution in [3.8, 4) is 0 Å². The molecule has 1 rings (SSSR count). The van der Waals surface area contributed by atoms with E-state index in [0.717, 1.165) is 0 Å². The van der Waals surface area contributed by atoms with Crippen molar-refractivity contribution in [2.75, 3.05) is 0 Å². The molecule has 1 heteroatoms. The van der Waals surface area contributed by atoms with Crippen LogP contribution in [0.1, 0.15) is 11.3 Å². The zero-order chi connectivity index (χ0) is 8.10. The van der Waals surface area contributed by atoms with Crippen molar-refractivity contribution in [1.29, 1.82) is 0 Å². The molecule has 0 aliphatic carbocycles. The summed E-state index contributed by atoms with van der Waals surface area (Å²) < 4.78 is 0. The largest absolute Gasteiger partial charge is 0.365 e. The molecule has 1 N–H and O–H groups in total. The molecule has 1 heterocycles. The van der Waals surface area contributed by atoms with E-state index in [1.807, 2.05) is 31.3 Å². The first kappa shape index (κ1) is 7.86. The number of aromatic nitrogens is 1. The van der Waals surface area contributed by atoms with E-state index in [2.05, 4.69) is 24.0 Å². The molecular formula is C10H13N. The van der Waals surface area contributed by atoms with E-state index < -0.39 is 0 Å². The van der Waals surface area contributed by atoms with E-state index in [0.29, 0.717) is 0 Å². The molecule has 0 atom stereocenters. The van der Waals surface area contributed by atoms with E-state index in [9.17, 15) is 0 Å². The second-order valence-electron chi connectivity index (χ2n) is 2.63. The first-order valence-electron chi connectivity index (χ1n) is 3.74. The van der Waals surface area contributed by atoms with E-state index in [4.69, 9.17) is 0 Å². The van der Waals surface area contributed by atoms with Crippen molar-refractivity contribution >= 4 is 0 Å². The van der Waals surface area contributed by atoms with Crippen LogP contribution in [0, 0.1) is 13.8 Å². The molecule has 0 spiro atoms. The highest BCUT2D eigenvalue weighted by molar-refractivity contribution is 5.11. The minimum absolute atomic E-state index is 1.17. The summed E-state index contributed by atoms with van der Waals surface area (Å²) in [6, 6.07) is 10.2. The van der Waals surface area contributed by atoms with Gasteiger partial charge in [0, 0.05) is 11.9 Å². The van der Waals surface area contributed by atoms with Gasteiger partial charge in [-0.05, 0) is 31.5 Å². The average Bonchev–Trinajstić information content (AvgIpc) is 2.02. The van der Waals surface area contributed by atoms with Crippen molar-refractivity contribution in [3.63, 3.8) is 0 Å². The van der Waals surface area contributed by atoms with Gasteiger partial charge in [0.2, 0.25) is 0 Å². The fraction of sp³-hybridized carbons (Fsp3) is 0.200. The summed E-state index contributed by atoms with van der Waals surface area (Å²) in [4.78, 5) is 3.14. The maximum Gasteiger partial charge on any atom is 0.0117 e. The standard InChI is InChI=1S/C10H13N/c1-9-6-4-3-5-7-11-10(2)8-9/h3-8,11H,1-2H3. The van der Waals surface area contributed by atoms with Gasteiger partial charge < -0.3 is 4.98 Å². The predicted molar refractivity (Wildman–Crippen MR) is 47.9 cm³/mol. The van der Waals surface area contributed by atoms with Gasteiger partial charge in [0.1, 0.15) is 0 Å². The molecule has 1 aromatic heterocycles. The van der Waals surface area contributed by atoms with Crippen LogP contribution in [0.5, 0.6) is 0 Å². The Bertz CT molecular complexity index is 245. The predicted octanol–water partition coefficient (Wildman–Crippen LogP) is 2.76. The van der Waals surface area contributed by atoms with Crippen LogP contribution in [-0.2, 0) is 0 Å². The smallest absolute Gasteiger partial charge is 0.0117 e. The fourth-order valence-corrected chi connectivity index (χ4v) is 0.938. The summed E-state index contributed by atoms with van der Waals surface area (Å²) in [5, 5.41) is 0. The number of aromatic amines is 1. The third-order valence-corrected chi connectivity index (χ3v) is 1.43. The number of rotatable bonds is 0. The lowest BCUT2D eigenvalue weighted by Crippen LogP contribution is -1.72. The Morgan fingerprint density at radius 3 is 2.73 bits per heavy atom. The normalized spacial score (nSPS) is 8.91. The minimum Gasteiger partial charge on any atom is -0.365 e. The van der Waals surface area contributed by atoms with Gasteiger partial charge in [0.05, 0.1) is 0 Å². The van der Waals surface area contributed by atoms with E-state index >= 15 is 0 Å². The summed E-state index contributed by atoms with van der Waals surface area (Å²) in [6.07, 6.45) is 1.93. The zero-order valence-electron chi connectivity index (χ0n) is 6.96. The summed E-state index contributed by atoms with van der Waals surface area (Å²) in [7, 11) is 0. The molecule has 0 bridgehead atoms. The lowest BCUT2D eigenvalue weighted by atomic mass is 10.3. The van der Waals surface area contributed by atoms with Gasteiger partial charge in [0.25, 0.3) is 0 Å². The van der Waals surface area contributed by atoms with Crippen molar-refractivity contribution in [2.24, 2.45) is 0 Å². The lowest BCUT2D eigenvalue weighted by molar-refractivity contribution is 1.21. The van der Waals surface area contributed by atoms with E-state index in [1.54, 1.807) is 0 Å².